The third-order valence-corrected chi connectivity index (χ3v) is 2.91. The van der Waals surface area contributed by atoms with E-state index in [1.165, 1.54) is 0 Å². The van der Waals surface area contributed by atoms with Gasteiger partial charge >= 0.3 is 0 Å². The number of carbonyl (C=O) groups excluding carboxylic acids is 1. The second-order valence-electron chi connectivity index (χ2n) is 4.18. The van der Waals surface area contributed by atoms with Gasteiger partial charge in [-0.3, -0.25) is 4.79 Å². The summed E-state index contributed by atoms with van der Waals surface area (Å²) >= 11 is 0. The van der Waals surface area contributed by atoms with Gasteiger partial charge in [0.2, 0.25) is 0 Å². The van der Waals surface area contributed by atoms with Crippen LogP contribution in [0.15, 0.2) is 28.9 Å². The van der Waals surface area contributed by atoms with Gasteiger partial charge in [-0.2, -0.15) is 5.10 Å². The Morgan fingerprint density at radius 1 is 1.33 bits per heavy atom. The number of rotatable bonds is 2. The highest BCUT2D eigenvalue weighted by Crippen LogP contribution is 2.26. The predicted molar refractivity (Wildman–Crippen MR) is 65.6 cm³/mol. The van der Waals surface area contributed by atoms with Crippen molar-refractivity contribution in [1.29, 1.82) is 0 Å². The van der Waals surface area contributed by atoms with Crippen molar-refractivity contribution in [2.75, 3.05) is 0 Å². The van der Waals surface area contributed by atoms with Crippen LogP contribution in [0.1, 0.15) is 21.8 Å². The Bertz CT molecular complexity index is 720. The lowest BCUT2D eigenvalue weighted by Gasteiger charge is -1.93. The average Bonchev–Trinajstić information content (AvgIpc) is 2.91. The van der Waals surface area contributed by atoms with Crippen LogP contribution >= 0.6 is 0 Å². The molecule has 90 valence electrons. The van der Waals surface area contributed by atoms with Crippen LogP contribution in [0.4, 0.5) is 0 Å². The maximum atomic E-state index is 10.7. The largest absolute Gasteiger partial charge is 0.361 e. The van der Waals surface area contributed by atoms with Crippen LogP contribution in [0.25, 0.3) is 16.8 Å². The second-order valence-corrected chi connectivity index (χ2v) is 4.18. The summed E-state index contributed by atoms with van der Waals surface area (Å²) in [6, 6.07) is 5.57. The Kier molecular flexibility index (Phi) is 2.26. The number of fused-ring (bicyclic) bond motifs is 1. The topological polar surface area (TPSA) is 60.4 Å². The van der Waals surface area contributed by atoms with E-state index in [0.29, 0.717) is 5.56 Å². The standard InChI is InChI=1S/C13H11N3O2/c1-8-13(9(2)18-15-8)12-5-11-4-3-10(7-17)6-16(11)14-12/h3-7H,1-2H3. The summed E-state index contributed by atoms with van der Waals surface area (Å²) < 4.78 is 6.82. The quantitative estimate of drug-likeness (QED) is 0.646. The minimum atomic E-state index is 0.593. The molecule has 0 N–H and O–H groups in total. The Hall–Kier alpha value is -2.43. The van der Waals surface area contributed by atoms with Gasteiger partial charge in [-0.15, -0.1) is 0 Å². The Labute approximate surface area is 103 Å². The van der Waals surface area contributed by atoms with Gasteiger partial charge in [-0.25, -0.2) is 4.52 Å². The van der Waals surface area contributed by atoms with Gasteiger partial charge < -0.3 is 4.52 Å². The molecule has 0 saturated heterocycles. The van der Waals surface area contributed by atoms with Gasteiger partial charge in [0.05, 0.1) is 22.5 Å². The van der Waals surface area contributed by atoms with Crippen LogP contribution in [0.2, 0.25) is 0 Å². The fourth-order valence-electron chi connectivity index (χ4n) is 2.04. The molecule has 0 bridgehead atoms. The molecular formula is C13H11N3O2. The van der Waals surface area contributed by atoms with Crippen LogP contribution in [0.3, 0.4) is 0 Å². The Balaban J connectivity index is 2.22. The van der Waals surface area contributed by atoms with E-state index in [1.54, 1.807) is 16.8 Å². The van der Waals surface area contributed by atoms with Crippen LogP contribution in [-0.2, 0) is 0 Å². The van der Waals surface area contributed by atoms with E-state index >= 15 is 0 Å². The second kappa shape index (κ2) is 3.80. The van der Waals surface area contributed by atoms with Crippen LogP contribution < -0.4 is 0 Å². The monoisotopic (exact) mass is 241 g/mol. The fraction of sp³-hybridized carbons (Fsp3) is 0.154. The minimum absolute atomic E-state index is 0.593. The first kappa shape index (κ1) is 10.7. The lowest BCUT2D eigenvalue weighted by Crippen LogP contribution is -1.90. The molecule has 0 unspecified atom stereocenters. The molecule has 0 fully saturated rings. The maximum absolute atomic E-state index is 10.7. The number of aldehydes is 1. The SMILES string of the molecule is Cc1noc(C)c1-c1cc2ccc(C=O)cn2n1. The summed E-state index contributed by atoms with van der Waals surface area (Å²) in [5, 5.41) is 8.36. The first-order chi connectivity index (χ1) is 8.69. The summed E-state index contributed by atoms with van der Waals surface area (Å²) in [6.45, 7) is 3.74. The third-order valence-electron chi connectivity index (χ3n) is 2.91. The molecule has 3 aromatic rings. The van der Waals surface area contributed by atoms with E-state index in [0.717, 1.165) is 34.5 Å². The lowest BCUT2D eigenvalue weighted by atomic mass is 10.1. The van der Waals surface area contributed by atoms with Crippen molar-refractivity contribution in [3.8, 4) is 11.3 Å². The summed E-state index contributed by atoms with van der Waals surface area (Å²) in [5.74, 6) is 0.742. The maximum Gasteiger partial charge on any atom is 0.151 e. The Morgan fingerprint density at radius 2 is 2.17 bits per heavy atom. The molecule has 0 aromatic carbocycles. The van der Waals surface area contributed by atoms with Crippen LogP contribution in [0.5, 0.6) is 0 Å². The Morgan fingerprint density at radius 3 is 2.83 bits per heavy atom. The molecule has 0 atom stereocenters. The zero-order chi connectivity index (χ0) is 12.7. The highest BCUT2D eigenvalue weighted by atomic mass is 16.5. The number of aromatic nitrogens is 3. The van der Waals surface area contributed by atoms with Gasteiger partial charge in [-0.05, 0) is 32.0 Å². The van der Waals surface area contributed by atoms with E-state index < -0.39 is 0 Å². The van der Waals surface area contributed by atoms with Crippen LogP contribution in [-0.4, -0.2) is 21.1 Å². The molecule has 5 heteroatoms. The molecule has 0 amide bonds. The average molecular weight is 241 g/mol. The fourth-order valence-corrected chi connectivity index (χ4v) is 2.04. The molecule has 0 spiro atoms. The van der Waals surface area contributed by atoms with E-state index in [4.69, 9.17) is 4.52 Å². The first-order valence-electron chi connectivity index (χ1n) is 5.57. The molecule has 0 aliphatic heterocycles. The molecule has 0 aliphatic rings. The van der Waals surface area contributed by atoms with E-state index in [9.17, 15) is 4.79 Å². The number of hydrogen-bond acceptors (Lipinski definition) is 4. The van der Waals surface area contributed by atoms with Gasteiger partial charge in [0.15, 0.2) is 6.29 Å². The molecule has 3 aromatic heterocycles. The van der Waals surface area contributed by atoms with Gasteiger partial charge in [-0.1, -0.05) is 5.16 Å². The van der Waals surface area contributed by atoms with Crippen LogP contribution in [0, 0.1) is 13.8 Å². The zero-order valence-corrected chi connectivity index (χ0v) is 10.0. The zero-order valence-electron chi connectivity index (χ0n) is 10.0. The van der Waals surface area contributed by atoms with Crippen molar-refractivity contribution in [2.24, 2.45) is 0 Å². The molecular weight excluding hydrogens is 230 g/mol. The van der Waals surface area contributed by atoms with Gasteiger partial charge in [0.1, 0.15) is 5.76 Å². The molecule has 5 nitrogen and oxygen atoms in total. The predicted octanol–water partition coefficient (Wildman–Crippen LogP) is 2.42. The normalized spacial score (nSPS) is 11.0. The number of hydrogen-bond donors (Lipinski definition) is 0. The van der Waals surface area contributed by atoms with E-state index in [2.05, 4.69) is 10.3 Å². The highest BCUT2D eigenvalue weighted by Gasteiger charge is 2.14. The van der Waals surface area contributed by atoms with Crippen molar-refractivity contribution in [2.45, 2.75) is 13.8 Å². The number of nitrogens with zero attached hydrogens (tertiary/aromatic N) is 3. The number of aryl methyl sites for hydroxylation is 2. The van der Waals surface area contributed by atoms with E-state index in [-0.39, 0.29) is 0 Å². The summed E-state index contributed by atoms with van der Waals surface area (Å²) in [7, 11) is 0. The number of pyridine rings is 1. The van der Waals surface area contributed by atoms with Crippen molar-refractivity contribution in [3.63, 3.8) is 0 Å². The van der Waals surface area contributed by atoms with Gasteiger partial charge in [0.25, 0.3) is 0 Å². The van der Waals surface area contributed by atoms with Crippen molar-refractivity contribution >= 4 is 11.8 Å². The molecule has 0 saturated carbocycles. The van der Waals surface area contributed by atoms with Crippen molar-refractivity contribution < 1.29 is 9.32 Å². The summed E-state index contributed by atoms with van der Waals surface area (Å²) in [4.78, 5) is 10.7. The van der Waals surface area contributed by atoms with Crippen molar-refractivity contribution in [3.05, 3.63) is 41.4 Å². The molecule has 0 aliphatic carbocycles. The summed E-state index contributed by atoms with van der Waals surface area (Å²) in [6.07, 6.45) is 2.50. The first-order valence-corrected chi connectivity index (χ1v) is 5.57. The molecule has 0 radical (unpaired) electrons. The van der Waals surface area contributed by atoms with Gasteiger partial charge in [0, 0.05) is 11.8 Å². The number of carbonyl (C=O) groups is 1. The summed E-state index contributed by atoms with van der Waals surface area (Å²) in [5.41, 5.74) is 4.04. The van der Waals surface area contributed by atoms with E-state index in [1.807, 2.05) is 26.0 Å². The lowest BCUT2D eigenvalue weighted by molar-refractivity contribution is 0.112. The minimum Gasteiger partial charge on any atom is -0.361 e. The smallest absolute Gasteiger partial charge is 0.151 e. The molecule has 18 heavy (non-hydrogen) atoms. The molecule has 3 rings (SSSR count). The molecule has 3 heterocycles. The third kappa shape index (κ3) is 1.52. The highest BCUT2D eigenvalue weighted by molar-refractivity contribution is 5.76. The van der Waals surface area contributed by atoms with Crippen molar-refractivity contribution in [1.82, 2.24) is 14.8 Å².